The van der Waals surface area contributed by atoms with E-state index in [-0.39, 0.29) is 13.0 Å². The fraction of sp³-hybridized carbons (Fsp3) is 0.200. The maximum Gasteiger partial charge on any atom is 0.408 e. The van der Waals surface area contributed by atoms with Crippen molar-refractivity contribution in [1.29, 1.82) is 0 Å². The van der Waals surface area contributed by atoms with Crippen molar-refractivity contribution in [2.45, 2.75) is 19.1 Å². The van der Waals surface area contributed by atoms with Crippen LogP contribution in [0.15, 0.2) is 49.1 Å². The number of hydrogen-bond acceptors (Lipinski definition) is 5. The molecule has 0 unspecified atom stereocenters. The number of nitrogens with one attached hydrogen (secondary N) is 1. The zero-order valence-electron chi connectivity index (χ0n) is 11.7. The van der Waals surface area contributed by atoms with Crippen molar-refractivity contribution < 1.29 is 19.4 Å². The quantitative estimate of drug-likeness (QED) is 0.836. The smallest absolute Gasteiger partial charge is 0.408 e. The Labute approximate surface area is 127 Å². The van der Waals surface area contributed by atoms with E-state index in [1.165, 1.54) is 18.7 Å². The number of carboxylic acid groups (broad SMARTS) is 1. The number of carbonyl (C=O) groups excluding carboxylic acids is 1. The molecule has 2 rings (SSSR count). The molecule has 0 saturated carbocycles. The average Bonchev–Trinajstić information content (AvgIpc) is 2.54. The van der Waals surface area contributed by atoms with Gasteiger partial charge in [0.15, 0.2) is 0 Å². The summed E-state index contributed by atoms with van der Waals surface area (Å²) in [4.78, 5) is 30.5. The molecule has 7 heteroatoms. The number of aliphatic carboxylic acids is 1. The maximum absolute atomic E-state index is 11.7. The van der Waals surface area contributed by atoms with Crippen LogP contribution >= 0.6 is 0 Å². The molecule has 1 aromatic heterocycles. The number of alkyl carbamates (subject to hydrolysis) is 1. The molecule has 1 aromatic carbocycles. The van der Waals surface area contributed by atoms with Gasteiger partial charge < -0.3 is 15.2 Å². The Morgan fingerprint density at radius 1 is 1.14 bits per heavy atom. The SMILES string of the molecule is O=C(N[C@H](Cc1cncnc1)C(=O)O)OCc1ccccc1. The highest BCUT2D eigenvalue weighted by Gasteiger charge is 2.21. The van der Waals surface area contributed by atoms with Crippen molar-refractivity contribution in [3.63, 3.8) is 0 Å². The van der Waals surface area contributed by atoms with Gasteiger partial charge in [0.05, 0.1) is 0 Å². The molecule has 1 amide bonds. The van der Waals surface area contributed by atoms with Gasteiger partial charge in [0.2, 0.25) is 0 Å². The van der Waals surface area contributed by atoms with E-state index in [1.807, 2.05) is 30.3 Å². The molecule has 2 N–H and O–H groups in total. The fourth-order valence-electron chi connectivity index (χ4n) is 1.78. The van der Waals surface area contributed by atoms with E-state index >= 15 is 0 Å². The predicted octanol–water partition coefficient (Wildman–Crippen LogP) is 1.40. The lowest BCUT2D eigenvalue weighted by Gasteiger charge is -2.14. The number of ether oxygens (including phenoxy) is 1. The van der Waals surface area contributed by atoms with E-state index < -0.39 is 18.1 Å². The number of hydrogen-bond donors (Lipinski definition) is 2. The summed E-state index contributed by atoms with van der Waals surface area (Å²) in [6.07, 6.45) is 3.64. The Kier molecular flexibility index (Phi) is 5.42. The van der Waals surface area contributed by atoms with Gasteiger partial charge in [0.25, 0.3) is 0 Å². The normalized spacial score (nSPS) is 11.5. The molecule has 1 heterocycles. The number of rotatable bonds is 6. The minimum absolute atomic E-state index is 0.0768. The summed E-state index contributed by atoms with van der Waals surface area (Å²) in [5.74, 6) is -1.15. The summed E-state index contributed by atoms with van der Waals surface area (Å²) in [7, 11) is 0. The van der Waals surface area contributed by atoms with Crippen LogP contribution in [0.4, 0.5) is 4.79 Å². The minimum atomic E-state index is -1.15. The van der Waals surface area contributed by atoms with Gasteiger partial charge in [-0.15, -0.1) is 0 Å². The van der Waals surface area contributed by atoms with Gasteiger partial charge >= 0.3 is 12.1 Å². The lowest BCUT2D eigenvalue weighted by atomic mass is 10.1. The second-order valence-corrected chi connectivity index (χ2v) is 4.55. The molecule has 0 fully saturated rings. The van der Waals surface area contributed by atoms with Crippen LogP contribution in [0, 0.1) is 0 Å². The van der Waals surface area contributed by atoms with Crippen LogP contribution < -0.4 is 5.32 Å². The average molecular weight is 301 g/mol. The van der Waals surface area contributed by atoms with Crippen LogP contribution in [0.2, 0.25) is 0 Å². The number of carboxylic acids is 1. The molecule has 0 bridgehead atoms. The Bertz CT molecular complexity index is 619. The van der Waals surface area contributed by atoms with Gasteiger partial charge in [-0.1, -0.05) is 30.3 Å². The van der Waals surface area contributed by atoms with Crippen molar-refractivity contribution in [3.8, 4) is 0 Å². The zero-order valence-corrected chi connectivity index (χ0v) is 11.7. The number of benzene rings is 1. The van der Waals surface area contributed by atoms with Crippen molar-refractivity contribution >= 4 is 12.1 Å². The van der Waals surface area contributed by atoms with E-state index in [1.54, 1.807) is 0 Å². The topological polar surface area (TPSA) is 101 Å². The molecule has 0 aliphatic carbocycles. The molecule has 7 nitrogen and oxygen atoms in total. The number of carbonyl (C=O) groups is 2. The lowest BCUT2D eigenvalue weighted by molar-refractivity contribution is -0.139. The third-order valence-corrected chi connectivity index (χ3v) is 2.86. The molecule has 22 heavy (non-hydrogen) atoms. The Hall–Kier alpha value is -2.96. The van der Waals surface area contributed by atoms with Crippen LogP contribution in [-0.2, 0) is 22.6 Å². The first-order valence-electron chi connectivity index (χ1n) is 6.59. The van der Waals surface area contributed by atoms with Gasteiger partial charge in [-0.2, -0.15) is 0 Å². The van der Waals surface area contributed by atoms with E-state index in [2.05, 4.69) is 15.3 Å². The molecule has 1 atom stereocenters. The minimum Gasteiger partial charge on any atom is -0.480 e. The van der Waals surface area contributed by atoms with Gasteiger partial charge in [-0.3, -0.25) is 0 Å². The maximum atomic E-state index is 11.7. The summed E-state index contributed by atoms with van der Waals surface area (Å²) in [6.45, 7) is 0.0768. The molecule has 0 spiro atoms. The Morgan fingerprint density at radius 2 is 1.82 bits per heavy atom. The van der Waals surface area contributed by atoms with Crippen LogP contribution in [0.5, 0.6) is 0 Å². The van der Waals surface area contributed by atoms with E-state index in [9.17, 15) is 9.59 Å². The highest BCUT2D eigenvalue weighted by molar-refractivity contribution is 5.80. The van der Waals surface area contributed by atoms with Gasteiger partial charge in [0, 0.05) is 18.8 Å². The standard InChI is InChI=1S/C15H15N3O4/c19-14(20)13(6-12-7-16-10-17-8-12)18-15(21)22-9-11-4-2-1-3-5-11/h1-5,7-8,10,13H,6,9H2,(H,18,21)(H,19,20)/t13-/m1/s1. The summed E-state index contributed by atoms with van der Waals surface area (Å²) in [5, 5.41) is 11.5. The molecular formula is C15H15N3O4. The molecule has 0 saturated heterocycles. The first-order valence-corrected chi connectivity index (χ1v) is 6.59. The van der Waals surface area contributed by atoms with Gasteiger partial charge in [-0.05, 0) is 11.1 Å². The van der Waals surface area contributed by atoms with Crippen LogP contribution in [0.3, 0.4) is 0 Å². The molecule has 2 aromatic rings. The molecule has 114 valence electrons. The second-order valence-electron chi connectivity index (χ2n) is 4.55. The summed E-state index contributed by atoms with van der Waals surface area (Å²) >= 11 is 0. The second kappa shape index (κ2) is 7.72. The third-order valence-electron chi connectivity index (χ3n) is 2.86. The Balaban J connectivity index is 1.88. The van der Waals surface area contributed by atoms with Crippen molar-refractivity contribution in [2.24, 2.45) is 0 Å². The van der Waals surface area contributed by atoms with Crippen LogP contribution in [-0.4, -0.2) is 33.2 Å². The van der Waals surface area contributed by atoms with Crippen molar-refractivity contribution in [2.75, 3.05) is 0 Å². The Morgan fingerprint density at radius 3 is 2.45 bits per heavy atom. The van der Waals surface area contributed by atoms with Crippen molar-refractivity contribution in [3.05, 3.63) is 60.2 Å². The van der Waals surface area contributed by atoms with Crippen LogP contribution in [0.25, 0.3) is 0 Å². The van der Waals surface area contributed by atoms with E-state index in [0.29, 0.717) is 5.56 Å². The largest absolute Gasteiger partial charge is 0.480 e. The first kappa shape index (κ1) is 15.4. The zero-order chi connectivity index (χ0) is 15.8. The lowest BCUT2D eigenvalue weighted by Crippen LogP contribution is -2.42. The summed E-state index contributed by atoms with van der Waals surface area (Å²) < 4.78 is 5.00. The fourth-order valence-corrected chi connectivity index (χ4v) is 1.78. The predicted molar refractivity (Wildman–Crippen MR) is 76.9 cm³/mol. The highest BCUT2D eigenvalue weighted by atomic mass is 16.5. The van der Waals surface area contributed by atoms with E-state index in [0.717, 1.165) is 5.56 Å². The summed E-state index contributed by atoms with van der Waals surface area (Å²) in [5.41, 5.74) is 1.43. The monoisotopic (exact) mass is 301 g/mol. The van der Waals surface area contributed by atoms with E-state index in [4.69, 9.17) is 9.84 Å². The van der Waals surface area contributed by atoms with Gasteiger partial charge in [0.1, 0.15) is 19.0 Å². The number of aromatic nitrogens is 2. The van der Waals surface area contributed by atoms with Gasteiger partial charge in [-0.25, -0.2) is 19.6 Å². The molecular weight excluding hydrogens is 286 g/mol. The molecule has 0 radical (unpaired) electrons. The number of nitrogens with zero attached hydrogens (tertiary/aromatic N) is 2. The van der Waals surface area contributed by atoms with Crippen LogP contribution in [0.1, 0.15) is 11.1 Å². The van der Waals surface area contributed by atoms with Crippen molar-refractivity contribution in [1.82, 2.24) is 15.3 Å². The molecule has 0 aliphatic heterocycles. The first-order chi connectivity index (χ1) is 10.6. The third kappa shape index (κ3) is 4.86. The number of amides is 1. The highest BCUT2D eigenvalue weighted by Crippen LogP contribution is 2.03. The molecule has 0 aliphatic rings. The summed E-state index contributed by atoms with van der Waals surface area (Å²) in [6, 6.07) is 8.02.